The van der Waals surface area contributed by atoms with E-state index in [-0.39, 0.29) is 0 Å². The molecule has 5 nitrogen and oxygen atoms in total. The number of methoxy groups -OCH3 is 1. The number of piperidine rings is 1. The minimum absolute atomic E-state index is 0.385. The summed E-state index contributed by atoms with van der Waals surface area (Å²) in [6.07, 6.45) is 9.06. The van der Waals surface area contributed by atoms with Crippen LogP contribution in [0, 0.1) is 5.41 Å². The number of nitrogens with one attached hydrogen (secondary N) is 2. The molecule has 1 heterocycles. The van der Waals surface area contributed by atoms with Gasteiger partial charge >= 0.3 is 0 Å². The zero-order chi connectivity index (χ0) is 20.5. The van der Waals surface area contributed by atoms with Gasteiger partial charge in [0.1, 0.15) is 0 Å². The Kier molecular flexibility index (Phi) is 8.37. The van der Waals surface area contributed by atoms with Crippen molar-refractivity contribution in [3.05, 3.63) is 35.4 Å². The highest BCUT2D eigenvalue weighted by Gasteiger charge is 2.36. The molecule has 0 amide bonds. The van der Waals surface area contributed by atoms with E-state index in [1.165, 1.54) is 56.2 Å². The maximum absolute atomic E-state index is 5.32. The lowest BCUT2D eigenvalue weighted by Crippen LogP contribution is -2.46. The molecule has 2 fully saturated rings. The Bertz CT molecular complexity index is 656. The maximum atomic E-state index is 5.32. The predicted molar refractivity (Wildman–Crippen MR) is 121 cm³/mol. The van der Waals surface area contributed by atoms with E-state index < -0.39 is 0 Å². The second-order valence-electron chi connectivity index (χ2n) is 8.96. The minimum atomic E-state index is 0.385. The summed E-state index contributed by atoms with van der Waals surface area (Å²) in [5.74, 6) is 0.898. The second-order valence-corrected chi connectivity index (χ2v) is 8.96. The van der Waals surface area contributed by atoms with Gasteiger partial charge in [0.15, 0.2) is 5.96 Å². The number of likely N-dealkylation sites (tertiary alicyclic amines) is 1. The van der Waals surface area contributed by atoms with Crippen molar-refractivity contribution in [1.82, 2.24) is 15.5 Å². The number of guanidine groups is 1. The number of nitrogens with zero attached hydrogens (tertiary/aromatic N) is 2. The number of rotatable bonds is 9. The molecule has 1 saturated heterocycles. The highest BCUT2D eigenvalue weighted by Crippen LogP contribution is 2.43. The van der Waals surface area contributed by atoms with Crippen LogP contribution in [0.3, 0.4) is 0 Å². The fourth-order valence-electron chi connectivity index (χ4n) is 4.68. The van der Waals surface area contributed by atoms with Gasteiger partial charge in [-0.1, -0.05) is 37.1 Å². The van der Waals surface area contributed by atoms with Gasteiger partial charge in [-0.25, -0.2) is 0 Å². The number of ether oxygens (including phenoxy) is 1. The summed E-state index contributed by atoms with van der Waals surface area (Å²) in [6, 6.07) is 9.52. The highest BCUT2D eigenvalue weighted by molar-refractivity contribution is 5.79. The molecule has 2 aliphatic rings. The number of benzene rings is 1. The smallest absolute Gasteiger partial charge is 0.191 e. The van der Waals surface area contributed by atoms with E-state index in [1.807, 2.05) is 7.05 Å². The van der Waals surface area contributed by atoms with Crippen LogP contribution >= 0.6 is 0 Å². The van der Waals surface area contributed by atoms with E-state index in [0.717, 1.165) is 38.6 Å². The Hall–Kier alpha value is -1.59. The Balaban J connectivity index is 1.53. The zero-order valence-electron chi connectivity index (χ0n) is 18.7. The van der Waals surface area contributed by atoms with Crippen LogP contribution in [0.5, 0.6) is 0 Å². The molecule has 162 valence electrons. The van der Waals surface area contributed by atoms with Crippen LogP contribution in [0.2, 0.25) is 0 Å². The van der Waals surface area contributed by atoms with Crippen molar-refractivity contribution in [2.75, 3.05) is 33.9 Å². The van der Waals surface area contributed by atoms with Crippen LogP contribution in [0.1, 0.15) is 63.0 Å². The third-order valence-corrected chi connectivity index (χ3v) is 6.98. The minimum Gasteiger partial charge on any atom is -0.385 e. The van der Waals surface area contributed by atoms with Crippen LogP contribution in [0.25, 0.3) is 0 Å². The molecule has 1 aliphatic heterocycles. The average molecular weight is 401 g/mol. The van der Waals surface area contributed by atoms with Crippen LogP contribution in [0.15, 0.2) is 29.3 Å². The van der Waals surface area contributed by atoms with Gasteiger partial charge in [-0.3, -0.25) is 9.89 Å². The summed E-state index contributed by atoms with van der Waals surface area (Å²) in [5, 5.41) is 7.11. The topological polar surface area (TPSA) is 48.9 Å². The molecule has 1 saturated carbocycles. The summed E-state index contributed by atoms with van der Waals surface area (Å²) >= 11 is 0. The molecule has 29 heavy (non-hydrogen) atoms. The van der Waals surface area contributed by atoms with Crippen molar-refractivity contribution in [1.29, 1.82) is 0 Å². The van der Waals surface area contributed by atoms with Gasteiger partial charge in [0.2, 0.25) is 0 Å². The Morgan fingerprint density at radius 1 is 1.17 bits per heavy atom. The van der Waals surface area contributed by atoms with Crippen molar-refractivity contribution in [3.63, 3.8) is 0 Å². The SMILES string of the molecule is CN=C(NCc1ccccc1CN1CCCCC1C)NCC1(CCOC)CCC1. The number of aliphatic imine (C=N–C) groups is 1. The monoisotopic (exact) mass is 400 g/mol. The van der Waals surface area contributed by atoms with Crippen LogP contribution in [-0.2, 0) is 17.8 Å². The van der Waals surface area contributed by atoms with Gasteiger partial charge in [-0.2, -0.15) is 0 Å². The average Bonchev–Trinajstić information content (AvgIpc) is 2.71. The molecule has 3 rings (SSSR count). The second kappa shape index (κ2) is 11.0. The van der Waals surface area contributed by atoms with Gasteiger partial charge in [-0.05, 0) is 62.1 Å². The molecule has 5 heteroatoms. The maximum Gasteiger partial charge on any atom is 0.191 e. The first-order valence-electron chi connectivity index (χ1n) is 11.4. The van der Waals surface area contributed by atoms with Gasteiger partial charge < -0.3 is 15.4 Å². The van der Waals surface area contributed by atoms with Crippen molar-refractivity contribution in [2.24, 2.45) is 10.4 Å². The molecule has 1 aromatic carbocycles. The Morgan fingerprint density at radius 2 is 1.97 bits per heavy atom. The van der Waals surface area contributed by atoms with E-state index in [4.69, 9.17) is 4.74 Å². The molecule has 1 unspecified atom stereocenters. The first kappa shape index (κ1) is 22.1. The fraction of sp³-hybridized carbons (Fsp3) is 0.708. The zero-order valence-corrected chi connectivity index (χ0v) is 18.7. The molecule has 1 atom stereocenters. The van der Waals surface area contributed by atoms with Crippen molar-refractivity contribution in [2.45, 2.75) is 71.0 Å². The molecule has 1 aromatic rings. The lowest BCUT2D eigenvalue weighted by molar-refractivity contribution is 0.0732. The lowest BCUT2D eigenvalue weighted by atomic mass is 9.67. The molecule has 0 spiro atoms. The Morgan fingerprint density at radius 3 is 2.62 bits per heavy atom. The van der Waals surface area contributed by atoms with Crippen molar-refractivity contribution < 1.29 is 4.74 Å². The van der Waals surface area contributed by atoms with Gasteiger partial charge in [0, 0.05) is 46.4 Å². The summed E-state index contributed by atoms with van der Waals surface area (Å²) < 4.78 is 5.32. The highest BCUT2D eigenvalue weighted by atomic mass is 16.5. The molecule has 0 aromatic heterocycles. The molecule has 1 aliphatic carbocycles. The summed E-state index contributed by atoms with van der Waals surface area (Å²) in [4.78, 5) is 7.09. The van der Waals surface area contributed by atoms with Gasteiger partial charge in [0.25, 0.3) is 0 Å². The quantitative estimate of drug-likeness (QED) is 0.487. The molecular weight excluding hydrogens is 360 g/mol. The number of hydrogen-bond donors (Lipinski definition) is 2. The third-order valence-electron chi connectivity index (χ3n) is 6.98. The van der Waals surface area contributed by atoms with Crippen molar-refractivity contribution in [3.8, 4) is 0 Å². The van der Waals surface area contributed by atoms with Crippen LogP contribution in [0.4, 0.5) is 0 Å². The van der Waals surface area contributed by atoms with Gasteiger partial charge in [-0.15, -0.1) is 0 Å². The summed E-state index contributed by atoms with van der Waals surface area (Å²) in [7, 11) is 3.65. The first-order valence-corrected chi connectivity index (χ1v) is 11.4. The van der Waals surface area contributed by atoms with E-state index in [2.05, 4.69) is 51.7 Å². The van der Waals surface area contributed by atoms with E-state index in [0.29, 0.717) is 11.5 Å². The van der Waals surface area contributed by atoms with Gasteiger partial charge in [0.05, 0.1) is 0 Å². The normalized spacial score (nSPS) is 22.2. The van der Waals surface area contributed by atoms with Crippen LogP contribution in [-0.4, -0.2) is 50.8 Å². The number of hydrogen-bond acceptors (Lipinski definition) is 3. The lowest BCUT2D eigenvalue weighted by Gasteiger charge is -2.42. The molecule has 0 radical (unpaired) electrons. The molecular formula is C24H40N4O. The first-order chi connectivity index (χ1) is 14.2. The predicted octanol–water partition coefficient (Wildman–Crippen LogP) is 3.93. The summed E-state index contributed by atoms with van der Waals surface area (Å²) in [5.41, 5.74) is 3.18. The molecule has 0 bridgehead atoms. The fourth-order valence-corrected chi connectivity index (χ4v) is 4.68. The van der Waals surface area contributed by atoms with E-state index in [1.54, 1.807) is 7.11 Å². The molecule has 2 N–H and O–H groups in total. The Labute approximate surface area is 177 Å². The van der Waals surface area contributed by atoms with E-state index in [9.17, 15) is 0 Å². The van der Waals surface area contributed by atoms with Crippen molar-refractivity contribution >= 4 is 5.96 Å². The van der Waals surface area contributed by atoms with Crippen LogP contribution < -0.4 is 10.6 Å². The third kappa shape index (κ3) is 6.19. The summed E-state index contributed by atoms with van der Waals surface area (Å²) in [6.45, 7) is 7.26. The van der Waals surface area contributed by atoms with E-state index >= 15 is 0 Å². The largest absolute Gasteiger partial charge is 0.385 e. The standard InChI is InChI=1S/C24H40N4O/c1-20-9-6-7-15-28(20)18-22-11-5-4-10-21(22)17-26-23(25-2)27-19-24(12-8-13-24)14-16-29-3/h4-5,10-11,20H,6-9,12-19H2,1-3H3,(H2,25,26,27).